The molecular weight excluding hydrogens is 360 g/mol. The van der Waals surface area contributed by atoms with Gasteiger partial charge in [-0.1, -0.05) is 29.4 Å². The molecule has 0 bridgehead atoms. The zero-order chi connectivity index (χ0) is 20.2. The Kier molecular flexibility index (Phi) is 6.00. The highest BCUT2D eigenvalue weighted by atomic mass is 16.6. The number of benzene rings is 2. The van der Waals surface area contributed by atoms with Gasteiger partial charge in [-0.25, -0.2) is 0 Å². The van der Waals surface area contributed by atoms with Gasteiger partial charge in [-0.3, -0.25) is 0 Å². The maximum Gasteiger partial charge on any atom is 0.134 e. The minimum Gasteiger partial charge on any atom is -0.461 e. The van der Waals surface area contributed by atoms with Crippen LogP contribution in [0, 0.1) is 0 Å². The van der Waals surface area contributed by atoms with Crippen LogP contribution in [-0.4, -0.2) is 36.3 Å². The Labute approximate surface area is 173 Å². The summed E-state index contributed by atoms with van der Waals surface area (Å²) in [5.41, 5.74) is 5.27. The van der Waals surface area contributed by atoms with Crippen LogP contribution in [0.2, 0.25) is 0 Å². The molecule has 1 saturated heterocycles. The van der Waals surface area contributed by atoms with E-state index in [0.29, 0.717) is 12.6 Å². The average Bonchev–Trinajstić information content (AvgIpc) is 3.35. The lowest BCUT2D eigenvalue weighted by molar-refractivity contribution is 0.159. The molecule has 0 spiro atoms. The normalized spacial score (nSPS) is 17.9. The Balaban J connectivity index is 1.53. The summed E-state index contributed by atoms with van der Waals surface area (Å²) in [4.78, 5) is 7.76. The van der Waals surface area contributed by atoms with Gasteiger partial charge >= 0.3 is 0 Å². The van der Waals surface area contributed by atoms with Crippen LogP contribution in [-0.2, 0) is 11.3 Å². The number of rotatable bonds is 7. The van der Waals surface area contributed by atoms with Crippen molar-refractivity contribution in [2.75, 3.05) is 19.7 Å². The van der Waals surface area contributed by atoms with E-state index in [1.54, 1.807) is 0 Å². The highest BCUT2D eigenvalue weighted by molar-refractivity contribution is 5.99. The summed E-state index contributed by atoms with van der Waals surface area (Å²) in [5.74, 6) is 1.07. The lowest BCUT2D eigenvalue weighted by atomic mass is 10.0. The second-order valence-corrected chi connectivity index (χ2v) is 7.92. The fraction of sp³-hybridized carbons (Fsp3) is 0.400. The molecule has 0 aliphatic carbocycles. The third-order valence-corrected chi connectivity index (χ3v) is 5.85. The minimum absolute atomic E-state index is 0.577. The van der Waals surface area contributed by atoms with Crippen LogP contribution in [0.15, 0.2) is 58.1 Å². The maximum atomic E-state index is 6.10. The summed E-state index contributed by atoms with van der Waals surface area (Å²) in [7, 11) is 0. The third kappa shape index (κ3) is 4.54. The Bertz CT molecular complexity index is 1000. The fourth-order valence-corrected chi connectivity index (χ4v) is 4.12. The Morgan fingerprint density at radius 1 is 1.17 bits per heavy atom. The first-order valence-corrected chi connectivity index (χ1v) is 10.7. The van der Waals surface area contributed by atoms with Crippen molar-refractivity contribution in [3.63, 3.8) is 0 Å². The van der Waals surface area contributed by atoms with E-state index in [4.69, 9.17) is 9.25 Å². The van der Waals surface area contributed by atoms with Crippen molar-refractivity contribution in [3.8, 4) is 11.1 Å². The van der Waals surface area contributed by atoms with Gasteiger partial charge in [0.25, 0.3) is 0 Å². The van der Waals surface area contributed by atoms with Crippen molar-refractivity contribution >= 4 is 16.7 Å². The van der Waals surface area contributed by atoms with Gasteiger partial charge in [0.05, 0.1) is 5.71 Å². The molecule has 1 atom stereocenters. The first-order chi connectivity index (χ1) is 14.1. The second-order valence-electron chi connectivity index (χ2n) is 7.92. The largest absolute Gasteiger partial charge is 0.461 e. The van der Waals surface area contributed by atoms with E-state index in [-0.39, 0.29) is 0 Å². The maximum absolute atomic E-state index is 6.10. The first-order valence-electron chi connectivity index (χ1n) is 10.7. The molecule has 152 valence electrons. The quantitative estimate of drug-likeness (QED) is 0.373. The molecule has 2 aromatic carbocycles. The van der Waals surface area contributed by atoms with Gasteiger partial charge in [0.2, 0.25) is 0 Å². The average molecular weight is 391 g/mol. The van der Waals surface area contributed by atoms with Crippen LogP contribution in [0.25, 0.3) is 22.1 Å². The van der Waals surface area contributed by atoms with Gasteiger partial charge in [0.1, 0.15) is 18.0 Å². The van der Waals surface area contributed by atoms with Gasteiger partial charge in [0, 0.05) is 24.4 Å². The lowest BCUT2D eigenvalue weighted by Gasteiger charge is -2.19. The number of fused-ring (bicyclic) bond motifs is 1. The van der Waals surface area contributed by atoms with Crippen LogP contribution in [0.3, 0.4) is 0 Å². The summed E-state index contributed by atoms with van der Waals surface area (Å²) < 4.78 is 6.10. The Morgan fingerprint density at radius 3 is 2.83 bits per heavy atom. The highest BCUT2D eigenvalue weighted by Gasteiger charge is 2.20. The topological polar surface area (TPSA) is 38.0 Å². The molecular formula is C25H30N2O2. The number of likely N-dealkylation sites (tertiary alicyclic amines) is 1. The van der Waals surface area contributed by atoms with Gasteiger partial charge in [-0.2, -0.15) is 0 Å². The van der Waals surface area contributed by atoms with Crippen LogP contribution in [0.4, 0.5) is 0 Å². The SMILES string of the molecule is CCO/N=C(/C)c1cccc(-c2ccc3oc(CCN4CCC[C@H]4C)cc3c2)c1. The first kappa shape index (κ1) is 19.7. The second kappa shape index (κ2) is 8.83. The molecule has 1 fully saturated rings. The molecule has 1 aromatic heterocycles. The van der Waals surface area contributed by atoms with E-state index in [2.05, 4.69) is 65.5 Å². The molecule has 0 amide bonds. The molecule has 4 rings (SSSR count). The number of hydrogen-bond donors (Lipinski definition) is 0. The fourth-order valence-electron chi connectivity index (χ4n) is 4.12. The van der Waals surface area contributed by atoms with Crippen LogP contribution in [0.1, 0.15) is 44.9 Å². The van der Waals surface area contributed by atoms with Crippen molar-refractivity contribution in [1.82, 2.24) is 4.90 Å². The highest BCUT2D eigenvalue weighted by Crippen LogP contribution is 2.28. The van der Waals surface area contributed by atoms with E-state index < -0.39 is 0 Å². The number of hydrogen-bond acceptors (Lipinski definition) is 4. The van der Waals surface area contributed by atoms with E-state index in [9.17, 15) is 0 Å². The monoisotopic (exact) mass is 390 g/mol. The molecule has 1 aliphatic rings. The molecule has 1 aliphatic heterocycles. The summed E-state index contributed by atoms with van der Waals surface area (Å²) >= 11 is 0. The van der Waals surface area contributed by atoms with Crippen molar-refractivity contribution in [2.45, 2.75) is 46.1 Å². The van der Waals surface area contributed by atoms with E-state index >= 15 is 0 Å². The number of nitrogens with zero attached hydrogens (tertiary/aromatic N) is 2. The summed E-state index contributed by atoms with van der Waals surface area (Å²) in [6.45, 7) is 9.11. The van der Waals surface area contributed by atoms with E-state index in [0.717, 1.165) is 41.0 Å². The zero-order valence-corrected chi connectivity index (χ0v) is 17.6. The molecule has 4 heteroatoms. The smallest absolute Gasteiger partial charge is 0.134 e. The predicted molar refractivity (Wildman–Crippen MR) is 119 cm³/mol. The van der Waals surface area contributed by atoms with Crippen LogP contribution in [0.5, 0.6) is 0 Å². The molecule has 29 heavy (non-hydrogen) atoms. The number of furan rings is 1. The van der Waals surface area contributed by atoms with Crippen LogP contribution >= 0.6 is 0 Å². The van der Waals surface area contributed by atoms with Gasteiger partial charge in [0.15, 0.2) is 0 Å². The zero-order valence-electron chi connectivity index (χ0n) is 17.6. The van der Waals surface area contributed by atoms with Crippen LogP contribution < -0.4 is 0 Å². The third-order valence-electron chi connectivity index (χ3n) is 5.85. The molecule has 3 aromatic rings. The van der Waals surface area contributed by atoms with Crippen molar-refractivity contribution < 1.29 is 9.25 Å². The van der Waals surface area contributed by atoms with Crippen molar-refractivity contribution in [3.05, 3.63) is 59.9 Å². The van der Waals surface area contributed by atoms with Crippen molar-refractivity contribution in [1.29, 1.82) is 0 Å². The number of oxime groups is 1. The van der Waals surface area contributed by atoms with Gasteiger partial charge in [-0.05, 0) is 81.1 Å². The molecule has 4 nitrogen and oxygen atoms in total. The van der Waals surface area contributed by atoms with Gasteiger partial charge in [-0.15, -0.1) is 0 Å². The molecule has 0 N–H and O–H groups in total. The van der Waals surface area contributed by atoms with E-state index in [1.165, 1.54) is 30.5 Å². The summed E-state index contributed by atoms with van der Waals surface area (Å²) in [5, 5.41) is 5.32. The standard InChI is InChI=1S/C25H30N2O2/c1-4-28-26-19(3)20-8-5-9-21(15-20)22-10-11-25-23(16-22)17-24(29-25)12-14-27-13-6-7-18(27)2/h5,8-11,15-18H,4,6-7,12-14H2,1-3H3/b26-19-/t18-/m1/s1. The summed E-state index contributed by atoms with van der Waals surface area (Å²) in [6, 6.07) is 17.8. The lowest BCUT2D eigenvalue weighted by Crippen LogP contribution is -2.28. The van der Waals surface area contributed by atoms with Crippen molar-refractivity contribution in [2.24, 2.45) is 5.16 Å². The van der Waals surface area contributed by atoms with Gasteiger partial charge < -0.3 is 14.2 Å². The molecule has 0 radical (unpaired) electrons. The van der Waals surface area contributed by atoms with E-state index in [1.807, 2.05) is 13.8 Å². The predicted octanol–water partition coefficient (Wildman–Crippen LogP) is 5.89. The summed E-state index contributed by atoms with van der Waals surface area (Å²) in [6.07, 6.45) is 3.60. The molecule has 0 saturated carbocycles. The molecule has 2 heterocycles. The minimum atomic E-state index is 0.577. The Morgan fingerprint density at radius 2 is 2.03 bits per heavy atom. The molecule has 0 unspecified atom stereocenters. The Hall–Kier alpha value is -2.59.